The van der Waals surface area contributed by atoms with Crippen LogP contribution in [-0.4, -0.2) is 12.9 Å². The molecular weight excluding hydrogens is 404 g/mol. The molecule has 0 aromatic heterocycles. The van der Waals surface area contributed by atoms with Crippen LogP contribution in [0.5, 0.6) is 0 Å². The van der Waals surface area contributed by atoms with Crippen molar-refractivity contribution in [2.75, 3.05) is 0 Å². The largest absolute Gasteiger partial charge is 0.0971 e. The number of alkyl halides is 4. The van der Waals surface area contributed by atoms with Gasteiger partial charge in [0, 0.05) is 9.65 Å². The van der Waals surface area contributed by atoms with E-state index in [0.29, 0.717) is 9.65 Å². The summed E-state index contributed by atoms with van der Waals surface area (Å²) in [4.78, 5) is 1.25. The Morgan fingerprint density at radius 2 is 1.73 bits per heavy atom. The fourth-order valence-electron chi connectivity index (χ4n) is 2.19. The average Bonchev–Trinajstić information content (AvgIpc) is 2.34. The van der Waals surface area contributed by atoms with Gasteiger partial charge in [0.05, 0.1) is 3.23 Å². The molecule has 11 heavy (non-hydrogen) atoms. The van der Waals surface area contributed by atoms with Crippen LogP contribution >= 0.6 is 63.7 Å². The van der Waals surface area contributed by atoms with Gasteiger partial charge >= 0.3 is 0 Å². The van der Waals surface area contributed by atoms with Crippen molar-refractivity contribution in [3.05, 3.63) is 0 Å². The molecule has 4 atom stereocenters. The van der Waals surface area contributed by atoms with E-state index in [0.717, 1.165) is 11.8 Å². The van der Waals surface area contributed by atoms with E-state index in [1.807, 2.05) is 0 Å². The first kappa shape index (κ1) is 9.47. The Hall–Kier alpha value is 1.92. The van der Waals surface area contributed by atoms with Crippen molar-refractivity contribution in [2.24, 2.45) is 11.8 Å². The van der Waals surface area contributed by atoms with E-state index >= 15 is 0 Å². The quantitative estimate of drug-likeness (QED) is 0.528. The highest BCUT2D eigenvalue weighted by molar-refractivity contribution is 9.26. The molecule has 0 aromatic rings. The fraction of sp³-hybridized carbons (Fsp3) is 1.00. The highest BCUT2D eigenvalue weighted by atomic mass is 79.9. The maximum Gasteiger partial charge on any atom is 0.0971 e. The Labute approximate surface area is 100 Å². The number of hydrogen-bond acceptors (Lipinski definition) is 0. The molecule has 2 fully saturated rings. The van der Waals surface area contributed by atoms with Crippen molar-refractivity contribution >= 4 is 63.7 Å². The third-order valence-corrected chi connectivity index (χ3v) is 8.95. The summed E-state index contributed by atoms with van der Waals surface area (Å²) in [6.07, 6.45) is 2.69. The molecule has 0 spiro atoms. The van der Waals surface area contributed by atoms with Crippen LogP contribution in [-0.2, 0) is 0 Å². The lowest BCUT2D eigenvalue weighted by Crippen LogP contribution is -2.31. The van der Waals surface area contributed by atoms with Crippen LogP contribution in [0.4, 0.5) is 0 Å². The van der Waals surface area contributed by atoms with Gasteiger partial charge < -0.3 is 0 Å². The van der Waals surface area contributed by atoms with Crippen molar-refractivity contribution < 1.29 is 0 Å². The van der Waals surface area contributed by atoms with Gasteiger partial charge in [0.2, 0.25) is 0 Å². The fourth-order valence-corrected chi connectivity index (χ4v) is 7.20. The lowest BCUT2D eigenvalue weighted by molar-refractivity contribution is 0.496. The molecule has 2 saturated carbocycles. The summed E-state index contributed by atoms with van der Waals surface area (Å²) in [5.74, 6) is 1.52. The van der Waals surface area contributed by atoms with Crippen LogP contribution in [0.15, 0.2) is 0 Å². The van der Waals surface area contributed by atoms with Crippen LogP contribution in [0.2, 0.25) is 0 Å². The van der Waals surface area contributed by atoms with E-state index in [4.69, 9.17) is 0 Å². The summed E-state index contributed by atoms with van der Waals surface area (Å²) in [5.41, 5.74) is 0. The first-order chi connectivity index (χ1) is 5.05. The van der Waals surface area contributed by atoms with E-state index in [-0.39, 0.29) is 3.23 Å². The summed E-state index contributed by atoms with van der Waals surface area (Å²) in [7, 11) is 0. The van der Waals surface area contributed by atoms with E-state index in [9.17, 15) is 0 Å². The van der Waals surface area contributed by atoms with Crippen molar-refractivity contribution in [3.8, 4) is 0 Å². The monoisotopic (exact) mass is 408 g/mol. The number of rotatable bonds is 0. The lowest BCUT2D eigenvalue weighted by Gasteiger charge is -2.30. The van der Waals surface area contributed by atoms with Gasteiger partial charge in [0.25, 0.3) is 0 Å². The molecule has 2 aliphatic carbocycles. The molecular formula is C7H8Br4. The molecule has 0 nitrogen and oxygen atoms in total. The van der Waals surface area contributed by atoms with Gasteiger partial charge in [-0.05, 0) is 24.7 Å². The second kappa shape index (κ2) is 2.96. The zero-order valence-electron chi connectivity index (χ0n) is 5.74. The van der Waals surface area contributed by atoms with Crippen molar-refractivity contribution in [1.82, 2.24) is 0 Å². The van der Waals surface area contributed by atoms with Gasteiger partial charge in [-0.1, -0.05) is 63.7 Å². The Kier molecular flexibility index (Phi) is 2.55. The Morgan fingerprint density at radius 3 is 2.00 bits per heavy atom. The van der Waals surface area contributed by atoms with Gasteiger partial charge in [-0.3, -0.25) is 0 Å². The standard InChI is InChI=1S/C7H8Br4/c8-5-3-1-2-4(5)7(10,11)6(3)9/h3-6H,1-2H2/t3-,4+,5-,6-/m1/s1. The third kappa shape index (κ3) is 1.23. The predicted molar refractivity (Wildman–Crippen MR) is 62.2 cm³/mol. The summed E-state index contributed by atoms with van der Waals surface area (Å²) < 4.78 is 0.136. The van der Waals surface area contributed by atoms with Gasteiger partial charge in [0.15, 0.2) is 0 Å². The minimum absolute atomic E-state index is 0.136. The topological polar surface area (TPSA) is 0 Å². The smallest absolute Gasteiger partial charge is 0.0883 e. The maximum atomic E-state index is 3.76. The van der Waals surface area contributed by atoms with Crippen molar-refractivity contribution in [3.63, 3.8) is 0 Å². The zero-order chi connectivity index (χ0) is 8.22. The van der Waals surface area contributed by atoms with E-state index in [1.54, 1.807) is 0 Å². The molecule has 0 aliphatic heterocycles. The summed E-state index contributed by atoms with van der Waals surface area (Å²) >= 11 is 15.0. The van der Waals surface area contributed by atoms with E-state index in [2.05, 4.69) is 63.7 Å². The normalized spacial score (nSPS) is 53.5. The van der Waals surface area contributed by atoms with Crippen molar-refractivity contribution in [1.29, 1.82) is 0 Å². The van der Waals surface area contributed by atoms with Crippen LogP contribution in [0.1, 0.15) is 12.8 Å². The number of fused-ring (bicyclic) bond motifs is 2. The summed E-state index contributed by atoms with van der Waals surface area (Å²) in [6, 6.07) is 0. The maximum absolute atomic E-state index is 3.76. The second-order valence-corrected chi connectivity index (χ2v) is 9.10. The molecule has 0 amide bonds. The highest BCUT2D eigenvalue weighted by Crippen LogP contribution is 2.63. The van der Waals surface area contributed by atoms with Crippen LogP contribution in [0.3, 0.4) is 0 Å². The predicted octanol–water partition coefficient (Wildman–Crippen LogP) is 4.04. The minimum atomic E-state index is 0.136. The van der Waals surface area contributed by atoms with Crippen LogP contribution in [0.25, 0.3) is 0 Å². The SMILES string of the molecule is Br[C@@H]1[C@H]2CC[C@@H]1C(Br)(Br)[C@@H]2Br. The molecule has 0 radical (unpaired) electrons. The second-order valence-electron chi connectivity index (χ2n) is 3.37. The van der Waals surface area contributed by atoms with Crippen LogP contribution < -0.4 is 0 Å². The van der Waals surface area contributed by atoms with Crippen molar-refractivity contribution in [2.45, 2.75) is 25.7 Å². The van der Waals surface area contributed by atoms with Gasteiger partial charge in [-0.25, -0.2) is 0 Å². The molecule has 0 aromatic carbocycles. The molecule has 4 heteroatoms. The lowest BCUT2D eigenvalue weighted by atomic mass is 10.0. The molecule has 0 unspecified atom stereocenters. The number of halogens is 4. The molecule has 0 N–H and O–H groups in total. The highest BCUT2D eigenvalue weighted by Gasteiger charge is 2.59. The zero-order valence-corrected chi connectivity index (χ0v) is 12.1. The molecule has 2 aliphatic rings. The van der Waals surface area contributed by atoms with Gasteiger partial charge in [0.1, 0.15) is 0 Å². The average molecular weight is 412 g/mol. The summed E-state index contributed by atoms with van der Waals surface area (Å²) in [6.45, 7) is 0. The molecule has 2 bridgehead atoms. The van der Waals surface area contributed by atoms with E-state index < -0.39 is 0 Å². The molecule has 2 rings (SSSR count). The molecule has 64 valence electrons. The summed E-state index contributed by atoms with van der Waals surface area (Å²) in [5, 5.41) is 0. The molecule has 0 saturated heterocycles. The Bertz CT molecular complexity index is 179. The Balaban J connectivity index is 2.31. The number of hydrogen-bond donors (Lipinski definition) is 0. The minimum Gasteiger partial charge on any atom is -0.0883 e. The Morgan fingerprint density at radius 1 is 1.09 bits per heavy atom. The van der Waals surface area contributed by atoms with Gasteiger partial charge in [-0.15, -0.1) is 0 Å². The first-order valence-electron chi connectivity index (χ1n) is 3.71. The molecule has 0 heterocycles. The first-order valence-corrected chi connectivity index (χ1v) is 7.13. The van der Waals surface area contributed by atoms with Gasteiger partial charge in [-0.2, -0.15) is 0 Å². The van der Waals surface area contributed by atoms with E-state index in [1.165, 1.54) is 12.8 Å². The van der Waals surface area contributed by atoms with Crippen LogP contribution in [0, 0.1) is 11.8 Å². The third-order valence-electron chi connectivity index (χ3n) is 2.84.